The van der Waals surface area contributed by atoms with Crippen molar-refractivity contribution in [3.8, 4) is 0 Å². The summed E-state index contributed by atoms with van der Waals surface area (Å²) in [6, 6.07) is -0.0751. The Bertz CT molecular complexity index is 615. The largest absolute Gasteiger partial charge is 0.393 e. The minimum Gasteiger partial charge on any atom is -0.393 e. The van der Waals surface area contributed by atoms with Crippen molar-refractivity contribution in [3.05, 3.63) is 11.8 Å². The number of nitrogens with zero attached hydrogens (tertiary/aromatic N) is 2. The average molecular weight is 322 g/mol. The summed E-state index contributed by atoms with van der Waals surface area (Å²) in [5.74, 6) is -0.691. The van der Waals surface area contributed by atoms with Gasteiger partial charge in [0.15, 0.2) is 0 Å². The third-order valence-corrected chi connectivity index (χ3v) is 3.85. The first-order valence-electron chi connectivity index (χ1n) is 8.37. The predicted octanol–water partition coefficient (Wildman–Crippen LogP) is 1.75. The van der Waals surface area contributed by atoms with Gasteiger partial charge in [0.1, 0.15) is 5.82 Å². The van der Waals surface area contributed by atoms with Gasteiger partial charge >= 0.3 is 0 Å². The lowest BCUT2D eigenvalue weighted by Gasteiger charge is -2.32. The molecule has 1 heterocycles. The van der Waals surface area contributed by atoms with Crippen molar-refractivity contribution in [3.63, 3.8) is 0 Å². The summed E-state index contributed by atoms with van der Waals surface area (Å²) in [5.41, 5.74) is 5.40. The van der Waals surface area contributed by atoms with E-state index in [4.69, 9.17) is 7.10 Å². The highest BCUT2D eigenvalue weighted by Crippen LogP contribution is 2.27. The quantitative estimate of drug-likeness (QED) is 0.671. The number of primary amides is 1. The highest BCUT2D eigenvalue weighted by atomic mass is 16.3. The molecule has 1 saturated carbocycles. The smallest absolute Gasteiger partial charge is 0.254 e. The number of anilines is 2. The van der Waals surface area contributed by atoms with Gasteiger partial charge in [-0.1, -0.05) is 6.92 Å². The minimum atomic E-state index is -0.838. The molecule has 0 aromatic carbocycles. The molecular weight excluding hydrogens is 294 g/mol. The van der Waals surface area contributed by atoms with Crippen molar-refractivity contribution < 1.29 is 11.3 Å². The highest BCUT2D eigenvalue weighted by molar-refractivity contribution is 5.97. The van der Waals surface area contributed by atoms with Gasteiger partial charge in [-0.2, -0.15) is 4.98 Å². The van der Waals surface area contributed by atoms with Crippen LogP contribution >= 0.6 is 0 Å². The Morgan fingerprint density at radius 3 is 2.74 bits per heavy atom. The number of amides is 1. The van der Waals surface area contributed by atoms with Crippen molar-refractivity contribution in [2.24, 2.45) is 11.6 Å². The molecule has 1 aromatic heterocycles. The first-order valence-corrected chi connectivity index (χ1v) is 7.87. The molecular formula is C16H27N5O2. The molecule has 1 fully saturated rings. The molecule has 0 bridgehead atoms. The number of hydrogen-bond acceptors (Lipinski definition) is 6. The van der Waals surface area contributed by atoms with Gasteiger partial charge < -0.3 is 21.5 Å². The molecule has 7 nitrogen and oxygen atoms in total. The van der Waals surface area contributed by atoms with E-state index in [1.54, 1.807) is 6.92 Å². The maximum Gasteiger partial charge on any atom is 0.254 e. The van der Waals surface area contributed by atoms with Crippen LogP contribution in [-0.2, 0) is 0 Å². The molecule has 128 valence electrons. The number of aromatic nitrogens is 2. The SMILES string of the molecule is [2H]C1(C)CCC(Nc2nc(NC(C)(C)C)ncc2C(N)=O)CC1O. The number of aliphatic hydroxyl groups excluding tert-OH is 1. The lowest BCUT2D eigenvalue weighted by molar-refractivity contribution is 0.0739. The summed E-state index contributed by atoms with van der Waals surface area (Å²) in [7, 11) is 0. The standard InChI is InChI=1S/C16H27N5O2/c1-9-5-6-10(7-12(9)22)19-14-11(13(17)23)8-18-15(20-14)21-16(2,3)4/h8-10,12,22H,5-7H2,1-4H3,(H2,17,23)(H2,18,19,20,21)/i9D. The monoisotopic (exact) mass is 322 g/mol. The molecule has 7 heteroatoms. The van der Waals surface area contributed by atoms with Gasteiger partial charge in [-0.05, 0) is 45.9 Å². The zero-order valence-electron chi connectivity index (χ0n) is 15.2. The zero-order chi connectivity index (χ0) is 18.1. The topological polar surface area (TPSA) is 113 Å². The number of hydrogen-bond donors (Lipinski definition) is 4. The molecule has 3 atom stereocenters. The van der Waals surface area contributed by atoms with Crippen LogP contribution in [0.3, 0.4) is 0 Å². The van der Waals surface area contributed by atoms with Crippen LogP contribution in [0.2, 0.25) is 0 Å². The van der Waals surface area contributed by atoms with E-state index in [9.17, 15) is 9.90 Å². The molecule has 0 saturated heterocycles. The molecule has 1 aromatic rings. The molecule has 23 heavy (non-hydrogen) atoms. The number of carbonyl (C=O) groups excluding carboxylic acids is 1. The van der Waals surface area contributed by atoms with Crippen molar-refractivity contribution in [1.29, 1.82) is 0 Å². The van der Waals surface area contributed by atoms with Crippen LogP contribution in [-0.4, -0.2) is 38.7 Å². The van der Waals surface area contributed by atoms with E-state index in [1.807, 2.05) is 20.8 Å². The van der Waals surface area contributed by atoms with E-state index in [0.29, 0.717) is 31.0 Å². The maximum absolute atomic E-state index is 11.6. The van der Waals surface area contributed by atoms with Crippen LogP contribution in [0.5, 0.6) is 0 Å². The van der Waals surface area contributed by atoms with Gasteiger partial charge in [-0.15, -0.1) is 0 Å². The Labute approximate surface area is 138 Å². The fourth-order valence-electron chi connectivity index (χ4n) is 2.55. The lowest BCUT2D eigenvalue weighted by atomic mass is 9.85. The summed E-state index contributed by atoms with van der Waals surface area (Å²) >= 11 is 0. The second-order valence-corrected chi connectivity index (χ2v) is 7.17. The Morgan fingerprint density at radius 1 is 1.48 bits per heavy atom. The van der Waals surface area contributed by atoms with Crippen LogP contribution in [0.25, 0.3) is 0 Å². The number of nitrogens with two attached hydrogens (primary N) is 1. The molecule has 1 aliphatic carbocycles. The molecule has 1 aliphatic rings. The van der Waals surface area contributed by atoms with E-state index in [1.165, 1.54) is 6.20 Å². The van der Waals surface area contributed by atoms with Crippen molar-refractivity contribution in [2.75, 3.05) is 10.6 Å². The fourth-order valence-corrected chi connectivity index (χ4v) is 2.55. The van der Waals surface area contributed by atoms with Crippen LogP contribution in [0, 0.1) is 5.89 Å². The number of carbonyl (C=O) groups is 1. The predicted molar refractivity (Wildman–Crippen MR) is 90.4 cm³/mol. The zero-order valence-corrected chi connectivity index (χ0v) is 14.2. The van der Waals surface area contributed by atoms with Crippen LogP contribution in [0.4, 0.5) is 11.8 Å². The fraction of sp³-hybridized carbons (Fsp3) is 0.688. The maximum atomic E-state index is 11.6. The molecule has 0 radical (unpaired) electrons. The summed E-state index contributed by atoms with van der Waals surface area (Å²) in [6.45, 7) is 7.69. The molecule has 3 unspecified atom stereocenters. The average Bonchev–Trinajstić information content (AvgIpc) is 2.41. The van der Waals surface area contributed by atoms with Crippen molar-refractivity contribution in [1.82, 2.24) is 9.97 Å². The highest BCUT2D eigenvalue weighted by Gasteiger charge is 2.27. The normalized spacial score (nSPS) is 28.8. The molecule has 1 amide bonds. The van der Waals surface area contributed by atoms with Gasteiger partial charge in [0, 0.05) is 19.1 Å². The summed E-state index contributed by atoms with van der Waals surface area (Å²) in [5, 5.41) is 16.5. The molecule has 5 N–H and O–H groups in total. The summed E-state index contributed by atoms with van der Waals surface area (Å²) in [6.07, 6.45) is 2.37. The van der Waals surface area contributed by atoms with Gasteiger partial charge in [0.05, 0.1) is 11.7 Å². The van der Waals surface area contributed by atoms with Gasteiger partial charge in [-0.3, -0.25) is 4.79 Å². The third kappa shape index (κ3) is 4.79. The van der Waals surface area contributed by atoms with Crippen molar-refractivity contribution in [2.45, 2.75) is 64.6 Å². The van der Waals surface area contributed by atoms with E-state index >= 15 is 0 Å². The lowest BCUT2D eigenvalue weighted by Crippen LogP contribution is -2.36. The number of aliphatic hydroxyl groups is 1. The van der Waals surface area contributed by atoms with Crippen LogP contribution in [0.1, 0.15) is 58.7 Å². The van der Waals surface area contributed by atoms with E-state index < -0.39 is 17.9 Å². The first-order chi connectivity index (χ1) is 11.0. The molecule has 0 spiro atoms. The summed E-state index contributed by atoms with van der Waals surface area (Å²) < 4.78 is 8.06. The molecule has 2 rings (SSSR count). The Balaban J connectivity index is 2.21. The third-order valence-electron chi connectivity index (χ3n) is 3.85. The number of rotatable bonds is 4. The Hall–Kier alpha value is -1.89. The second kappa shape index (κ2) is 6.70. The summed E-state index contributed by atoms with van der Waals surface area (Å²) in [4.78, 5) is 20.1. The van der Waals surface area contributed by atoms with Gasteiger partial charge in [0.2, 0.25) is 5.95 Å². The second-order valence-electron chi connectivity index (χ2n) is 7.17. The number of nitrogens with one attached hydrogen (secondary N) is 2. The van der Waals surface area contributed by atoms with Crippen LogP contribution in [0.15, 0.2) is 6.20 Å². The van der Waals surface area contributed by atoms with E-state index in [-0.39, 0.29) is 17.1 Å². The van der Waals surface area contributed by atoms with E-state index in [2.05, 4.69) is 20.6 Å². The minimum absolute atomic E-state index is 0.0751. The van der Waals surface area contributed by atoms with Crippen LogP contribution < -0.4 is 16.4 Å². The Kier molecular flexibility index (Phi) is 4.66. The molecule has 0 aliphatic heterocycles. The van der Waals surface area contributed by atoms with Gasteiger partial charge in [0.25, 0.3) is 5.91 Å². The Morgan fingerprint density at radius 2 is 2.17 bits per heavy atom. The van der Waals surface area contributed by atoms with Crippen molar-refractivity contribution >= 4 is 17.7 Å². The van der Waals surface area contributed by atoms with Gasteiger partial charge in [-0.25, -0.2) is 4.98 Å². The van der Waals surface area contributed by atoms with E-state index in [0.717, 1.165) is 0 Å². The first kappa shape index (κ1) is 16.0.